The molecule has 28 heavy (non-hydrogen) atoms. The SMILES string of the molecule is C(=Cc1cc(OC2CCCCO2)cc(OC2CCCCO2)c1)c1ccccc1. The van der Waals surface area contributed by atoms with Gasteiger partial charge in [-0.25, -0.2) is 0 Å². The highest BCUT2D eigenvalue weighted by atomic mass is 16.7. The Kier molecular flexibility index (Phi) is 6.64. The van der Waals surface area contributed by atoms with Crippen molar-refractivity contribution in [1.82, 2.24) is 0 Å². The molecule has 2 atom stereocenters. The van der Waals surface area contributed by atoms with Crippen LogP contribution in [0.1, 0.15) is 49.7 Å². The minimum absolute atomic E-state index is 0.180. The van der Waals surface area contributed by atoms with Crippen LogP contribution in [0.5, 0.6) is 11.5 Å². The van der Waals surface area contributed by atoms with Crippen molar-refractivity contribution in [2.24, 2.45) is 0 Å². The van der Waals surface area contributed by atoms with E-state index >= 15 is 0 Å². The molecule has 2 fully saturated rings. The summed E-state index contributed by atoms with van der Waals surface area (Å²) in [5, 5.41) is 0. The standard InChI is InChI=1S/C24H28O4/c1-2-8-19(9-3-1)12-13-20-16-21(27-23-10-4-6-14-25-23)18-22(17-20)28-24-11-5-7-15-26-24/h1-3,8-9,12-13,16-18,23-24H,4-7,10-11,14-15H2. The molecule has 148 valence electrons. The van der Waals surface area contributed by atoms with Gasteiger partial charge in [-0.3, -0.25) is 0 Å². The molecule has 2 saturated heterocycles. The first-order valence-corrected chi connectivity index (χ1v) is 10.3. The van der Waals surface area contributed by atoms with Crippen molar-refractivity contribution >= 4 is 12.2 Å². The topological polar surface area (TPSA) is 36.9 Å². The van der Waals surface area contributed by atoms with Crippen LogP contribution in [0.3, 0.4) is 0 Å². The second-order valence-electron chi connectivity index (χ2n) is 7.31. The van der Waals surface area contributed by atoms with Gasteiger partial charge in [0.1, 0.15) is 11.5 Å². The highest BCUT2D eigenvalue weighted by Gasteiger charge is 2.18. The zero-order valence-electron chi connectivity index (χ0n) is 16.2. The monoisotopic (exact) mass is 380 g/mol. The van der Waals surface area contributed by atoms with Crippen LogP contribution >= 0.6 is 0 Å². The third kappa shape index (κ3) is 5.60. The molecule has 0 N–H and O–H groups in total. The Morgan fingerprint density at radius 2 is 1.25 bits per heavy atom. The van der Waals surface area contributed by atoms with E-state index in [1.165, 1.54) is 0 Å². The average molecular weight is 380 g/mol. The van der Waals surface area contributed by atoms with Crippen LogP contribution in [0.4, 0.5) is 0 Å². The Hall–Kier alpha value is -2.30. The largest absolute Gasteiger partial charge is 0.465 e. The van der Waals surface area contributed by atoms with E-state index in [1.807, 2.05) is 36.4 Å². The van der Waals surface area contributed by atoms with Crippen LogP contribution < -0.4 is 9.47 Å². The molecular formula is C24H28O4. The lowest BCUT2D eigenvalue weighted by Crippen LogP contribution is -2.26. The van der Waals surface area contributed by atoms with E-state index < -0.39 is 0 Å². The van der Waals surface area contributed by atoms with Crippen molar-refractivity contribution < 1.29 is 18.9 Å². The van der Waals surface area contributed by atoms with E-state index in [1.54, 1.807) is 0 Å². The van der Waals surface area contributed by atoms with Crippen LogP contribution in [0.15, 0.2) is 48.5 Å². The fourth-order valence-corrected chi connectivity index (χ4v) is 3.49. The van der Waals surface area contributed by atoms with Gasteiger partial charge in [-0.05, 0) is 48.9 Å². The predicted molar refractivity (Wildman–Crippen MR) is 110 cm³/mol. The summed E-state index contributed by atoms with van der Waals surface area (Å²) in [7, 11) is 0. The lowest BCUT2D eigenvalue weighted by molar-refractivity contribution is -0.109. The second-order valence-corrected chi connectivity index (χ2v) is 7.31. The molecule has 0 spiro atoms. The third-order valence-electron chi connectivity index (χ3n) is 4.98. The van der Waals surface area contributed by atoms with Crippen LogP contribution in [0.25, 0.3) is 12.2 Å². The lowest BCUT2D eigenvalue weighted by Gasteiger charge is -2.25. The molecule has 2 heterocycles. The Balaban J connectivity index is 1.53. The Bertz CT molecular complexity index is 721. The summed E-state index contributed by atoms with van der Waals surface area (Å²) in [5.41, 5.74) is 2.19. The van der Waals surface area contributed by atoms with Crippen LogP contribution in [-0.2, 0) is 9.47 Å². The van der Waals surface area contributed by atoms with Crippen molar-refractivity contribution in [1.29, 1.82) is 0 Å². The molecule has 0 radical (unpaired) electrons. The summed E-state index contributed by atoms with van der Waals surface area (Å²) in [5.74, 6) is 1.54. The van der Waals surface area contributed by atoms with Crippen molar-refractivity contribution in [2.45, 2.75) is 51.1 Å². The molecule has 4 heteroatoms. The van der Waals surface area contributed by atoms with Crippen LogP contribution in [0.2, 0.25) is 0 Å². The Morgan fingerprint density at radius 3 is 1.79 bits per heavy atom. The van der Waals surface area contributed by atoms with Crippen molar-refractivity contribution in [3.63, 3.8) is 0 Å². The first kappa shape index (κ1) is 19.0. The highest BCUT2D eigenvalue weighted by molar-refractivity contribution is 5.71. The predicted octanol–water partition coefficient (Wildman–Crippen LogP) is 5.67. The maximum atomic E-state index is 6.10. The molecule has 2 aromatic carbocycles. The van der Waals surface area contributed by atoms with Gasteiger partial charge in [0.25, 0.3) is 0 Å². The van der Waals surface area contributed by atoms with Gasteiger partial charge >= 0.3 is 0 Å². The Morgan fingerprint density at radius 1 is 0.679 bits per heavy atom. The molecule has 2 aromatic rings. The van der Waals surface area contributed by atoms with Gasteiger partial charge in [-0.1, -0.05) is 42.5 Å². The smallest absolute Gasteiger partial charge is 0.199 e. The average Bonchev–Trinajstić information content (AvgIpc) is 2.74. The minimum Gasteiger partial charge on any atom is -0.465 e. The van der Waals surface area contributed by atoms with Gasteiger partial charge in [0.05, 0.1) is 13.2 Å². The normalized spacial score (nSPS) is 22.9. The molecule has 0 bridgehead atoms. The van der Waals surface area contributed by atoms with E-state index in [0.29, 0.717) is 0 Å². The van der Waals surface area contributed by atoms with Gasteiger partial charge in [0.2, 0.25) is 0 Å². The molecule has 2 unspecified atom stereocenters. The molecule has 2 aliphatic heterocycles. The van der Waals surface area contributed by atoms with E-state index in [2.05, 4.69) is 24.3 Å². The number of benzene rings is 2. The summed E-state index contributed by atoms with van der Waals surface area (Å²) in [6.07, 6.45) is 10.1. The molecule has 4 rings (SSSR count). The molecule has 0 aromatic heterocycles. The highest BCUT2D eigenvalue weighted by Crippen LogP contribution is 2.29. The van der Waals surface area contributed by atoms with Gasteiger partial charge in [0, 0.05) is 18.9 Å². The molecule has 0 aliphatic carbocycles. The second kappa shape index (κ2) is 9.76. The molecule has 0 saturated carbocycles. The van der Waals surface area contributed by atoms with E-state index in [9.17, 15) is 0 Å². The number of hydrogen-bond donors (Lipinski definition) is 0. The number of hydrogen-bond acceptors (Lipinski definition) is 4. The van der Waals surface area contributed by atoms with Crippen molar-refractivity contribution in [3.05, 3.63) is 59.7 Å². The number of rotatable bonds is 6. The lowest BCUT2D eigenvalue weighted by atomic mass is 10.1. The van der Waals surface area contributed by atoms with E-state index in [4.69, 9.17) is 18.9 Å². The fourth-order valence-electron chi connectivity index (χ4n) is 3.49. The maximum Gasteiger partial charge on any atom is 0.199 e. The van der Waals surface area contributed by atoms with E-state index in [0.717, 1.165) is 74.4 Å². The maximum absolute atomic E-state index is 6.10. The number of ether oxygens (including phenoxy) is 4. The molecule has 0 amide bonds. The fraction of sp³-hybridized carbons (Fsp3) is 0.417. The van der Waals surface area contributed by atoms with E-state index in [-0.39, 0.29) is 12.6 Å². The zero-order valence-corrected chi connectivity index (χ0v) is 16.2. The van der Waals surface area contributed by atoms with Gasteiger partial charge in [-0.2, -0.15) is 0 Å². The summed E-state index contributed by atoms with van der Waals surface area (Å²) >= 11 is 0. The van der Waals surface area contributed by atoms with Crippen LogP contribution in [0, 0.1) is 0 Å². The molecule has 2 aliphatic rings. The van der Waals surface area contributed by atoms with Crippen molar-refractivity contribution in [2.75, 3.05) is 13.2 Å². The van der Waals surface area contributed by atoms with Gasteiger partial charge in [-0.15, -0.1) is 0 Å². The summed E-state index contributed by atoms with van der Waals surface area (Å²) in [6.45, 7) is 1.52. The third-order valence-corrected chi connectivity index (χ3v) is 4.98. The summed E-state index contributed by atoms with van der Waals surface area (Å²) in [6, 6.07) is 16.3. The summed E-state index contributed by atoms with van der Waals surface area (Å²) < 4.78 is 23.7. The quantitative estimate of drug-likeness (QED) is 0.605. The molecular weight excluding hydrogens is 352 g/mol. The molecule has 4 nitrogen and oxygen atoms in total. The summed E-state index contributed by atoms with van der Waals surface area (Å²) in [4.78, 5) is 0. The van der Waals surface area contributed by atoms with Gasteiger partial charge in [0.15, 0.2) is 12.6 Å². The van der Waals surface area contributed by atoms with Crippen molar-refractivity contribution in [3.8, 4) is 11.5 Å². The van der Waals surface area contributed by atoms with Crippen LogP contribution in [-0.4, -0.2) is 25.8 Å². The van der Waals surface area contributed by atoms with Gasteiger partial charge < -0.3 is 18.9 Å². The minimum atomic E-state index is -0.180. The zero-order chi connectivity index (χ0) is 19.0. The Labute approximate surface area is 167 Å². The first-order valence-electron chi connectivity index (χ1n) is 10.3. The first-order chi connectivity index (χ1) is 13.8.